The summed E-state index contributed by atoms with van der Waals surface area (Å²) in [6.45, 7) is 5.39. The Morgan fingerprint density at radius 1 is 1.30 bits per heavy atom. The molecule has 0 spiro atoms. The van der Waals surface area contributed by atoms with Crippen molar-refractivity contribution in [3.8, 4) is 6.07 Å². The molecule has 1 aromatic heterocycles. The zero-order chi connectivity index (χ0) is 16.2. The maximum atomic E-state index is 11.5. The largest absolute Gasteiger partial charge is 0.354 e. The van der Waals surface area contributed by atoms with Crippen molar-refractivity contribution < 1.29 is 4.79 Å². The second kappa shape index (κ2) is 6.63. The third-order valence-corrected chi connectivity index (χ3v) is 4.06. The monoisotopic (exact) mass is 309 g/mol. The smallest absolute Gasteiger partial charge is 0.234 e. The summed E-state index contributed by atoms with van der Waals surface area (Å²) >= 11 is 0. The van der Waals surface area contributed by atoms with E-state index in [0.717, 1.165) is 23.6 Å². The highest BCUT2D eigenvalue weighted by atomic mass is 16.2. The van der Waals surface area contributed by atoms with Crippen LogP contribution in [0.3, 0.4) is 0 Å². The number of rotatable bonds is 4. The van der Waals surface area contributed by atoms with Crippen LogP contribution >= 0.6 is 0 Å². The van der Waals surface area contributed by atoms with E-state index in [9.17, 15) is 4.79 Å². The highest BCUT2D eigenvalue weighted by molar-refractivity contribution is 5.78. The average molecular weight is 309 g/mol. The summed E-state index contributed by atoms with van der Waals surface area (Å²) < 4.78 is 2.16. The molecule has 1 aliphatic rings. The van der Waals surface area contributed by atoms with Gasteiger partial charge in [0.2, 0.25) is 5.91 Å². The third kappa shape index (κ3) is 3.58. The lowest BCUT2D eigenvalue weighted by atomic mass is 10.1. The molecule has 2 heterocycles. The predicted molar refractivity (Wildman–Crippen MR) is 85.5 cm³/mol. The van der Waals surface area contributed by atoms with Crippen LogP contribution in [0.25, 0.3) is 0 Å². The van der Waals surface area contributed by atoms with Crippen LogP contribution in [0.15, 0.2) is 30.5 Å². The first-order valence-corrected chi connectivity index (χ1v) is 7.65. The van der Waals surface area contributed by atoms with Crippen molar-refractivity contribution in [3.05, 3.63) is 53.1 Å². The van der Waals surface area contributed by atoms with E-state index in [2.05, 4.69) is 25.8 Å². The van der Waals surface area contributed by atoms with Crippen LogP contribution in [-0.4, -0.2) is 40.0 Å². The maximum Gasteiger partial charge on any atom is 0.234 e. The summed E-state index contributed by atoms with van der Waals surface area (Å²) in [4.78, 5) is 18.0. The molecule has 0 bridgehead atoms. The van der Waals surface area contributed by atoms with Crippen molar-refractivity contribution in [2.75, 3.05) is 19.6 Å². The van der Waals surface area contributed by atoms with Crippen molar-refractivity contribution >= 4 is 5.91 Å². The van der Waals surface area contributed by atoms with Gasteiger partial charge in [0, 0.05) is 32.4 Å². The van der Waals surface area contributed by atoms with Crippen molar-refractivity contribution in [2.24, 2.45) is 0 Å². The number of nitrogens with one attached hydrogen (secondary N) is 1. The number of nitriles is 1. The standard InChI is InChI=1S/C17H19N5O/c1-13-20-9-16(11-21-7-6-19-17(23)12-21)22(13)10-15-4-2-14(8-18)3-5-15/h2-5,9H,6-7,10-12H2,1H3,(H,19,23). The lowest BCUT2D eigenvalue weighted by Crippen LogP contribution is -2.47. The molecule has 23 heavy (non-hydrogen) atoms. The van der Waals surface area contributed by atoms with Gasteiger partial charge in [0.25, 0.3) is 0 Å². The van der Waals surface area contributed by atoms with E-state index in [1.54, 1.807) is 0 Å². The molecule has 0 saturated carbocycles. The molecule has 2 aromatic rings. The molecule has 1 saturated heterocycles. The van der Waals surface area contributed by atoms with Crippen LogP contribution in [0.5, 0.6) is 0 Å². The fourth-order valence-electron chi connectivity index (χ4n) is 2.78. The van der Waals surface area contributed by atoms with E-state index in [0.29, 0.717) is 31.7 Å². The number of hydrogen-bond donors (Lipinski definition) is 1. The van der Waals surface area contributed by atoms with Crippen LogP contribution in [-0.2, 0) is 17.9 Å². The summed E-state index contributed by atoms with van der Waals surface area (Å²) in [5.41, 5.74) is 2.89. The summed E-state index contributed by atoms with van der Waals surface area (Å²) in [7, 11) is 0. The molecule has 1 amide bonds. The van der Waals surface area contributed by atoms with E-state index >= 15 is 0 Å². The van der Waals surface area contributed by atoms with Gasteiger partial charge in [-0.25, -0.2) is 4.98 Å². The molecule has 0 atom stereocenters. The molecular formula is C17H19N5O. The molecule has 118 valence electrons. The van der Waals surface area contributed by atoms with E-state index in [1.807, 2.05) is 37.4 Å². The van der Waals surface area contributed by atoms with Gasteiger partial charge in [0.1, 0.15) is 5.82 Å². The minimum Gasteiger partial charge on any atom is -0.354 e. The number of nitrogens with zero attached hydrogens (tertiary/aromatic N) is 4. The number of piperazine rings is 1. The van der Waals surface area contributed by atoms with Gasteiger partial charge in [-0.05, 0) is 24.6 Å². The number of carbonyl (C=O) groups is 1. The highest BCUT2D eigenvalue weighted by Gasteiger charge is 2.18. The molecule has 0 aliphatic carbocycles. The highest BCUT2D eigenvalue weighted by Crippen LogP contribution is 2.13. The summed E-state index contributed by atoms with van der Waals surface area (Å²) in [6, 6.07) is 9.73. The second-order valence-electron chi connectivity index (χ2n) is 5.75. The van der Waals surface area contributed by atoms with Gasteiger partial charge in [0.05, 0.1) is 23.9 Å². The molecule has 6 nitrogen and oxygen atoms in total. The number of carbonyl (C=O) groups excluding carboxylic acids is 1. The molecule has 1 N–H and O–H groups in total. The Morgan fingerprint density at radius 3 is 2.78 bits per heavy atom. The first-order valence-electron chi connectivity index (χ1n) is 7.65. The fourth-order valence-corrected chi connectivity index (χ4v) is 2.78. The third-order valence-electron chi connectivity index (χ3n) is 4.06. The van der Waals surface area contributed by atoms with Crippen molar-refractivity contribution in [1.82, 2.24) is 19.8 Å². The maximum absolute atomic E-state index is 11.5. The molecular weight excluding hydrogens is 290 g/mol. The van der Waals surface area contributed by atoms with Crippen LogP contribution < -0.4 is 5.32 Å². The minimum atomic E-state index is 0.0751. The van der Waals surface area contributed by atoms with Crippen molar-refractivity contribution in [1.29, 1.82) is 5.26 Å². The zero-order valence-electron chi connectivity index (χ0n) is 13.1. The zero-order valence-corrected chi connectivity index (χ0v) is 13.1. The quantitative estimate of drug-likeness (QED) is 0.916. The lowest BCUT2D eigenvalue weighted by molar-refractivity contribution is -0.124. The van der Waals surface area contributed by atoms with Gasteiger partial charge in [0.15, 0.2) is 0 Å². The predicted octanol–water partition coefficient (Wildman–Crippen LogP) is 1.04. The van der Waals surface area contributed by atoms with Crippen molar-refractivity contribution in [3.63, 3.8) is 0 Å². The molecule has 1 fully saturated rings. The number of aromatic nitrogens is 2. The van der Waals surface area contributed by atoms with Crippen LogP contribution in [0.4, 0.5) is 0 Å². The second-order valence-corrected chi connectivity index (χ2v) is 5.75. The van der Waals surface area contributed by atoms with Gasteiger partial charge in [-0.15, -0.1) is 0 Å². The Morgan fingerprint density at radius 2 is 2.09 bits per heavy atom. The average Bonchev–Trinajstić information content (AvgIpc) is 2.89. The molecule has 0 unspecified atom stereocenters. The number of imidazole rings is 1. The Hall–Kier alpha value is -2.65. The molecule has 1 aliphatic heterocycles. The number of benzene rings is 1. The summed E-state index contributed by atoms with van der Waals surface area (Å²) in [6.07, 6.45) is 1.88. The fraction of sp³-hybridized carbons (Fsp3) is 0.353. The Labute approximate surface area is 135 Å². The first kappa shape index (κ1) is 15.3. The Balaban J connectivity index is 1.75. The van der Waals surface area contributed by atoms with Crippen LogP contribution in [0, 0.1) is 18.3 Å². The molecule has 0 radical (unpaired) electrons. The molecule has 6 heteroatoms. The molecule has 3 rings (SSSR count). The number of amides is 1. The Kier molecular flexibility index (Phi) is 4.40. The van der Waals surface area contributed by atoms with Gasteiger partial charge in [-0.2, -0.15) is 5.26 Å². The van der Waals surface area contributed by atoms with Gasteiger partial charge < -0.3 is 9.88 Å². The number of aryl methyl sites for hydroxylation is 1. The lowest BCUT2D eigenvalue weighted by Gasteiger charge is -2.26. The Bertz CT molecular complexity index is 741. The van der Waals surface area contributed by atoms with E-state index in [4.69, 9.17) is 5.26 Å². The topological polar surface area (TPSA) is 74.0 Å². The van der Waals surface area contributed by atoms with Gasteiger partial charge in [-0.3, -0.25) is 9.69 Å². The first-order chi connectivity index (χ1) is 11.2. The van der Waals surface area contributed by atoms with E-state index in [1.165, 1.54) is 0 Å². The van der Waals surface area contributed by atoms with Gasteiger partial charge >= 0.3 is 0 Å². The van der Waals surface area contributed by atoms with Crippen LogP contribution in [0.1, 0.15) is 22.6 Å². The van der Waals surface area contributed by atoms with Gasteiger partial charge in [-0.1, -0.05) is 12.1 Å². The summed E-state index contributed by atoms with van der Waals surface area (Å²) in [5, 5.41) is 11.7. The minimum absolute atomic E-state index is 0.0751. The molecule has 1 aromatic carbocycles. The van der Waals surface area contributed by atoms with Crippen LogP contribution in [0.2, 0.25) is 0 Å². The number of hydrogen-bond acceptors (Lipinski definition) is 4. The normalized spacial score (nSPS) is 15.2. The van der Waals surface area contributed by atoms with E-state index < -0.39 is 0 Å². The summed E-state index contributed by atoms with van der Waals surface area (Å²) in [5.74, 6) is 1.02. The van der Waals surface area contributed by atoms with Crippen molar-refractivity contribution in [2.45, 2.75) is 20.0 Å². The SMILES string of the molecule is Cc1ncc(CN2CCNC(=O)C2)n1Cc1ccc(C#N)cc1. The van der Waals surface area contributed by atoms with E-state index in [-0.39, 0.29) is 5.91 Å².